The summed E-state index contributed by atoms with van der Waals surface area (Å²) in [4.78, 5) is 20.5. The lowest BCUT2D eigenvalue weighted by Crippen LogP contribution is -2.24. The van der Waals surface area contributed by atoms with E-state index in [0.717, 1.165) is 11.3 Å². The first kappa shape index (κ1) is 15.5. The standard InChI is InChI=1S/C19H15N3O2/c23-19(18-11-10-16-17(22-18)9-6-13-20-16)21-12-4-5-14-24-15-7-2-1-3-8-15/h1-3,6-11,13H,12,14H2,(H,21,23). The molecule has 0 radical (unpaired) electrons. The molecular formula is C19H15N3O2. The molecule has 1 aromatic carbocycles. The predicted octanol–water partition coefficient (Wildman–Crippen LogP) is 2.44. The van der Waals surface area contributed by atoms with Crippen LogP contribution in [0.25, 0.3) is 11.0 Å². The van der Waals surface area contributed by atoms with E-state index >= 15 is 0 Å². The zero-order valence-corrected chi connectivity index (χ0v) is 12.9. The van der Waals surface area contributed by atoms with Crippen LogP contribution >= 0.6 is 0 Å². The Hall–Kier alpha value is -3.39. The van der Waals surface area contributed by atoms with Crippen molar-refractivity contribution in [3.8, 4) is 17.6 Å². The molecule has 0 aliphatic rings. The minimum absolute atomic E-state index is 0.240. The van der Waals surface area contributed by atoms with E-state index in [0.29, 0.717) is 11.2 Å². The van der Waals surface area contributed by atoms with Crippen molar-refractivity contribution in [3.63, 3.8) is 0 Å². The Balaban J connectivity index is 1.49. The van der Waals surface area contributed by atoms with E-state index in [1.165, 1.54) is 0 Å². The van der Waals surface area contributed by atoms with Crippen LogP contribution in [-0.2, 0) is 0 Å². The Morgan fingerprint density at radius 2 is 1.88 bits per heavy atom. The Labute approximate surface area is 139 Å². The van der Waals surface area contributed by atoms with Gasteiger partial charge in [-0.15, -0.1) is 0 Å². The second-order valence-electron chi connectivity index (χ2n) is 4.88. The van der Waals surface area contributed by atoms with Gasteiger partial charge in [-0.05, 0) is 36.4 Å². The molecule has 0 aliphatic heterocycles. The number of ether oxygens (including phenoxy) is 1. The number of hydrogen-bond donors (Lipinski definition) is 1. The van der Waals surface area contributed by atoms with Crippen molar-refractivity contribution in [3.05, 3.63) is 66.5 Å². The van der Waals surface area contributed by atoms with Crippen LogP contribution in [0.15, 0.2) is 60.8 Å². The summed E-state index contributed by atoms with van der Waals surface area (Å²) in [5.74, 6) is 6.20. The summed E-state index contributed by atoms with van der Waals surface area (Å²) < 4.78 is 5.44. The highest BCUT2D eigenvalue weighted by Gasteiger charge is 2.06. The van der Waals surface area contributed by atoms with Gasteiger partial charge in [0.15, 0.2) is 0 Å². The molecule has 0 unspecified atom stereocenters. The van der Waals surface area contributed by atoms with E-state index < -0.39 is 0 Å². The Kier molecular flexibility index (Phi) is 5.00. The van der Waals surface area contributed by atoms with Crippen molar-refractivity contribution >= 4 is 16.9 Å². The van der Waals surface area contributed by atoms with Crippen LogP contribution < -0.4 is 10.1 Å². The van der Waals surface area contributed by atoms with Gasteiger partial charge in [0.25, 0.3) is 5.91 Å². The van der Waals surface area contributed by atoms with Gasteiger partial charge >= 0.3 is 0 Å². The third-order valence-corrected chi connectivity index (χ3v) is 3.21. The number of amides is 1. The predicted molar refractivity (Wildman–Crippen MR) is 91.6 cm³/mol. The summed E-state index contributed by atoms with van der Waals surface area (Å²) in [7, 11) is 0. The van der Waals surface area contributed by atoms with E-state index in [1.54, 1.807) is 24.4 Å². The molecule has 24 heavy (non-hydrogen) atoms. The molecule has 1 amide bonds. The molecule has 0 fully saturated rings. The summed E-state index contributed by atoms with van der Waals surface area (Å²) in [6, 6.07) is 16.5. The Bertz CT molecular complexity index is 898. The maximum absolute atomic E-state index is 12.0. The third kappa shape index (κ3) is 4.08. The van der Waals surface area contributed by atoms with Crippen molar-refractivity contribution in [1.29, 1.82) is 0 Å². The van der Waals surface area contributed by atoms with Crippen LogP contribution in [0.4, 0.5) is 0 Å². The van der Waals surface area contributed by atoms with Gasteiger partial charge in [-0.2, -0.15) is 0 Å². The molecule has 5 nitrogen and oxygen atoms in total. The SMILES string of the molecule is O=C(NCC#CCOc1ccccc1)c1ccc2ncccc2n1. The van der Waals surface area contributed by atoms with Crippen molar-refractivity contribution in [1.82, 2.24) is 15.3 Å². The number of nitrogens with one attached hydrogen (secondary N) is 1. The van der Waals surface area contributed by atoms with E-state index in [1.807, 2.05) is 36.4 Å². The average molecular weight is 317 g/mol. The topological polar surface area (TPSA) is 64.1 Å². The van der Waals surface area contributed by atoms with Gasteiger partial charge in [-0.25, -0.2) is 4.98 Å². The van der Waals surface area contributed by atoms with Gasteiger partial charge in [0, 0.05) is 6.20 Å². The zero-order valence-electron chi connectivity index (χ0n) is 12.9. The van der Waals surface area contributed by atoms with Crippen molar-refractivity contribution < 1.29 is 9.53 Å². The monoisotopic (exact) mass is 317 g/mol. The van der Waals surface area contributed by atoms with Gasteiger partial charge in [0.2, 0.25) is 0 Å². The fourth-order valence-electron chi connectivity index (χ4n) is 2.05. The number of benzene rings is 1. The van der Waals surface area contributed by atoms with E-state index in [4.69, 9.17) is 4.74 Å². The normalized spacial score (nSPS) is 9.83. The van der Waals surface area contributed by atoms with Crippen LogP contribution in [-0.4, -0.2) is 29.0 Å². The summed E-state index contributed by atoms with van der Waals surface area (Å²) >= 11 is 0. The van der Waals surface area contributed by atoms with Gasteiger partial charge in [-0.1, -0.05) is 30.0 Å². The lowest BCUT2D eigenvalue weighted by molar-refractivity contribution is 0.0954. The minimum atomic E-state index is -0.265. The molecule has 0 spiro atoms. The molecule has 3 aromatic rings. The number of nitrogens with zero attached hydrogens (tertiary/aromatic N) is 2. The number of pyridine rings is 2. The summed E-state index contributed by atoms with van der Waals surface area (Å²) in [5, 5.41) is 2.71. The Morgan fingerprint density at radius 1 is 1.00 bits per heavy atom. The number of aromatic nitrogens is 2. The molecule has 0 aliphatic carbocycles. The average Bonchev–Trinajstić information content (AvgIpc) is 2.65. The largest absolute Gasteiger partial charge is 0.481 e. The highest BCUT2D eigenvalue weighted by molar-refractivity contribution is 5.94. The number of rotatable bonds is 4. The number of para-hydroxylation sites is 1. The van der Waals surface area contributed by atoms with Crippen molar-refractivity contribution in [2.45, 2.75) is 0 Å². The van der Waals surface area contributed by atoms with Gasteiger partial charge in [0.1, 0.15) is 18.1 Å². The fourth-order valence-corrected chi connectivity index (χ4v) is 2.05. The van der Waals surface area contributed by atoms with Crippen LogP contribution in [0.5, 0.6) is 5.75 Å². The molecule has 0 bridgehead atoms. The van der Waals surface area contributed by atoms with E-state index in [-0.39, 0.29) is 19.1 Å². The van der Waals surface area contributed by atoms with Crippen molar-refractivity contribution in [2.75, 3.05) is 13.2 Å². The second kappa shape index (κ2) is 7.75. The molecule has 0 atom stereocenters. The zero-order chi connectivity index (χ0) is 16.6. The van der Waals surface area contributed by atoms with Crippen LogP contribution in [0.3, 0.4) is 0 Å². The Morgan fingerprint density at radius 3 is 2.75 bits per heavy atom. The summed E-state index contributed by atoms with van der Waals surface area (Å²) in [6.07, 6.45) is 1.69. The molecule has 5 heteroatoms. The minimum Gasteiger partial charge on any atom is -0.481 e. The molecule has 0 saturated heterocycles. The smallest absolute Gasteiger partial charge is 0.270 e. The van der Waals surface area contributed by atoms with Crippen molar-refractivity contribution in [2.24, 2.45) is 0 Å². The molecule has 0 saturated carbocycles. The number of fused-ring (bicyclic) bond motifs is 1. The summed E-state index contributed by atoms with van der Waals surface area (Å²) in [6.45, 7) is 0.517. The second-order valence-corrected chi connectivity index (χ2v) is 4.88. The number of carbonyl (C=O) groups is 1. The first-order valence-corrected chi connectivity index (χ1v) is 7.46. The molecule has 2 aromatic heterocycles. The fraction of sp³-hybridized carbons (Fsp3) is 0.105. The third-order valence-electron chi connectivity index (χ3n) is 3.21. The molecule has 118 valence electrons. The number of hydrogen-bond acceptors (Lipinski definition) is 4. The van der Waals surface area contributed by atoms with Crippen LogP contribution in [0, 0.1) is 11.8 Å². The molecule has 1 N–H and O–H groups in total. The highest BCUT2D eigenvalue weighted by atomic mass is 16.5. The van der Waals surface area contributed by atoms with Gasteiger partial charge in [0.05, 0.1) is 17.6 Å². The van der Waals surface area contributed by atoms with E-state index in [2.05, 4.69) is 27.1 Å². The summed E-state index contributed by atoms with van der Waals surface area (Å²) in [5.41, 5.74) is 1.79. The van der Waals surface area contributed by atoms with Crippen LogP contribution in [0.1, 0.15) is 10.5 Å². The maximum atomic E-state index is 12.0. The lowest BCUT2D eigenvalue weighted by atomic mass is 10.2. The molecule has 3 rings (SSSR count). The van der Waals surface area contributed by atoms with Gasteiger partial charge < -0.3 is 10.1 Å². The first-order valence-electron chi connectivity index (χ1n) is 7.46. The lowest BCUT2D eigenvalue weighted by Gasteiger charge is -2.02. The van der Waals surface area contributed by atoms with Gasteiger partial charge in [-0.3, -0.25) is 9.78 Å². The first-order chi connectivity index (χ1) is 11.8. The molecular weight excluding hydrogens is 302 g/mol. The van der Waals surface area contributed by atoms with E-state index in [9.17, 15) is 4.79 Å². The van der Waals surface area contributed by atoms with Crippen LogP contribution in [0.2, 0.25) is 0 Å². The molecule has 2 heterocycles. The highest BCUT2D eigenvalue weighted by Crippen LogP contribution is 2.09. The number of carbonyl (C=O) groups excluding carboxylic acids is 1. The maximum Gasteiger partial charge on any atom is 0.270 e. The quantitative estimate of drug-likeness (QED) is 0.751.